The van der Waals surface area contributed by atoms with Crippen molar-refractivity contribution in [3.05, 3.63) is 101 Å². The number of ketones is 1. The van der Waals surface area contributed by atoms with Crippen LogP contribution in [0.15, 0.2) is 83.9 Å². The summed E-state index contributed by atoms with van der Waals surface area (Å²) in [5.41, 5.74) is 5.87. The van der Waals surface area contributed by atoms with E-state index >= 15 is 0 Å². The second-order valence-corrected chi connectivity index (χ2v) is 10.4. The number of thioether (sulfide) groups is 1. The second-order valence-electron chi connectivity index (χ2n) is 8.60. The van der Waals surface area contributed by atoms with E-state index in [9.17, 15) is 14.9 Å². The molecule has 1 aromatic heterocycles. The van der Waals surface area contributed by atoms with Gasteiger partial charge in [-0.3, -0.25) is 9.59 Å². The average molecular weight is 526 g/mol. The Hall–Kier alpha value is -3.92. The quantitative estimate of drug-likeness (QED) is 0.199. The molecule has 0 spiro atoms. The molecule has 37 heavy (non-hydrogen) atoms. The van der Waals surface area contributed by atoms with Crippen molar-refractivity contribution in [2.24, 2.45) is 0 Å². The van der Waals surface area contributed by atoms with Gasteiger partial charge in [-0.15, -0.1) is 0 Å². The molecule has 1 atom stereocenters. The fraction of sp³-hybridized carbons (Fsp3) is 0.133. The van der Waals surface area contributed by atoms with Crippen LogP contribution in [0.2, 0.25) is 5.02 Å². The highest BCUT2D eigenvalue weighted by atomic mass is 35.5. The van der Waals surface area contributed by atoms with E-state index < -0.39 is 5.25 Å². The van der Waals surface area contributed by atoms with Crippen LogP contribution in [0, 0.1) is 18.3 Å². The minimum atomic E-state index is -0.543. The molecule has 0 aliphatic heterocycles. The fourth-order valence-corrected chi connectivity index (χ4v) is 4.75. The van der Waals surface area contributed by atoms with Gasteiger partial charge in [-0.1, -0.05) is 65.3 Å². The third-order valence-electron chi connectivity index (χ3n) is 5.82. The fourth-order valence-electron chi connectivity index (χ4n) is 3.70. The van der Waals surface area contributed by atoms with E-state index in [1.165, 1.54) is 18.7 Å². The SMILES string of the molecule is CC(=O)c1ccc(NC(=O)C(C)Sc2nc(-c3ccc(C)cc3)cc(-c3ccc(Cl)cc3)c2C#N)cc1. The Kier molecular flexibility index (Phi) is 8.08. The molecule has 4 rings (SSSR count). The summed E-state index contributed by atoms with van der Waals surface area (Å²) in [6, 6.07) is 26.2. The number of carbonyl (C=O) groups is 2. The molecular formula is C30H24ClN3O2S. The van der Waals surface area contributed by atoms with Gasteiger partial charge in [0, 0.05) is 27.4 Å². The molecule has 1 amide bonds. The number of carbonyl (C=O) groups excluding carboxylic acids is 2. The number of nitrogens with one attached hydrogen (secondary N) is 1. The van der Waals surface area contributed by atoms with Crippen LogP contribution in [-0.4, -0.2) is 21.9 Å². The van der Waals surface area contributed by atoms with Crippen LogP contribution in [0.5, 0.6) is 0 Å². The van der Waals surface area contributed by atoms with E-state index in [0.717, 1.165) is 22.3 Å². The molecule has 0 saturated carbocycles. The first kappa shape index (κ1) is 26.2. The summed E-state index contributed by atoms with van der Waals surface area (Å²) >= 11 is 7.33. The van der Waals surface area contributed by atoms with Gasteiger partial charge in [-0.25, -0.2) is 4.98 Å². The van der Waals surface area contributed by atoms with Crippen molar-refractivity contribution in [3.63, 3.8) is 0 Å². The van der Waals surface area contributed by atoms with Crippen molar-refractivity contribution in [1.29, 1.82) is 5.26 Å². The molecule has 7 heteroatoms. The number of rotatable bonds is 7. The van der Waals surface area contributed by atoms with Gasteiger partial charge < -0.3 is 5.32 Å². The topological polar surface area (TPSA) is 82.8 Å². The van der Waals surface area contributed by atoms with Crippen molar-refractivity contribution in [2.75, 3.05) is 5.32 Å². The van der Waals surface area contributed by atoms with Gasteiger partial charge in [0.25, 0.3) is 0 Å². The molecule has 0 aliphatic carbocycles. The Bertz CT molecular complexity index is 1490. The molecule has 4 aromatic rings. The van der Waals surface area contributed by atoms with E-state index in [4.69, 9.17) is 16.6 Å². The zero-order chi connectivity index (χ0) is 26.5. The molecule has 3 aromatic carbocycles. The molecule has 0 aliphatic rings. The predicted molar refractivity (Wildman–Crippen MR) is 150 cm³/mol. The molecule has 1 unspecified atom stereocenters. The van der Waals surface area contributed by atoms with E-state index in [1.807, 2.05) is 49.4 Å². The number of amides is 1. The summed E-state index contributed by atoms with van der Waals surface area (Å²) in [6.07, 6.45) is 0. The van der Waals surface area contributed by atoms with Crippen molar-refractivity contribution in [1.82, 2.24) is 4.98 Å². The standard InChI is InChI=1S/C30H24ClN3O2S/c1-18-4-6-23(7-5-18)28-16-26(22-8-12-24(31)13-9-22)27(17-32)30(34-28)37-20(3)29(36)33-25-14-10-21(11-15-25)19(2)35/h4-16,20H,1-3H3,(H,33,36). The number of nitriles is 1. The number of Topliss-reactive ketones (excluding diaryl/α,β-unsaturated/α-hetero) is 1. The largest absolute Gasteiger partial charge is 0.325 e. The van der Waals surface area contributed by atoms with Crippen LogP contribution in [-0.2, 0) is 4.79 Å². The molecule has 1 N–H and O–H groups in total. The maximum absolute atomic E-state index is 13.0. The molecule has 0 saturated heterocycles. The summed E-state index contributed by atoms with van der Waals surface area (Å²) in [5, 5.41) is 13.5. The number of hydrogen-bond donors (Lipinski definition) is 1. The third-order valence-corrected chi connectivity index (χ3v) is 7.16. The number of anilines is 1. The third kappa shape index (κ3) is 6.26. The summed E-state index contributed by atoms with van der Waals surface area (Å²) in [6.45, 7) is 5.28. The Labute approximate surface area is 225 Å². The van der Waals surface area contributed by atoms with Gasteiger partial charge in [-0.05, 0) is 68.8 Å². The summed E-state index contributed by atoms with van der Waals surface area (Å²) in [5.74, 6) is -0.276. The number of halogens is 1. The number of aromatic nitrogens is 1. The summed E-state index contributed by atoms with van der Waals surface area (Å²) < 4.78 is 0. The molecule has 0 radical (unpaired) electrons. The first-order valence-corrected chi connectivity index (χ1v) is 12.9. The number of hydrogen-bond acceptors (Lipinski definition) is 5. The summed E-state index contributed by atoms with van der Waals surface area (Å²) in [4.78, 5) is 29.3. The van der Waals surface area contributed by atoms with Crippen molar-refractivity contribution in [3.8, 4) is 28.5 Å². The first-order chi connectivity index (χ1) is 17.7. The minimum absolute atomic E-state index is 0.0399. The molecule has 0 fully saturated rings. The van der Waals surface area contributed by atoms with Crippen LogP contribution in [0.4, 0.5) is 5.69 Å². The highest BCUT2D eigenvalue weighted by Crippen LogP contribution is 2.36. The van der Waals surface area contributed by atoms with Gasteiger partial charge in [-0.2, -0.15) is 5.26 Å². The lowest BCUT2D eigenvalue weighted by atomic mass is 9.99. The lowest BCUT2D eigenvalue weighted by molar-refractivity contribution is -0.115. The van der Waals surface area contributed by atoms with E-state index in [0.29, 0.717) is 32.6 Å². The van der Waals surface area contributed by atoms with Gasteiger partial charge in [0.2, 0.25) is 5.91 Å². The van der Waals surface area contributed by atoms with Crippen LogP contribution in [0.25, 0.3) is 22.4 Å². The molecule has 184 valence electrons. The van der Waals surface area contributed by atoms with E-state index in [1.54, 1.807) is 43.3 Å². The normalized spacial score (nSPS) is 11.4. The monoisotopic (exact) mass is 525 g/mol. The van der Waals surface area contributed by atoms with E-state index in [-0.39, 0.29) is 11.7 Å². The van der Waals surface area contributed by atoms with Crippen molar-refractivity contribution in [2.45, 2.75) is 31.0 Å². The lowest BCUT2D eigenvalue weighted by Crippen LogP contribution is -2.22. The maximum atomic E-state index is 13.0. The van der Waals surface area contributed by atoms with Crippen LogP contribution in [0.3, 0.4) is 0 Å². The minimum Gasteiger partial charge on any atom is -0.325 e. The lowest BCUT2D eigenvalue weighted by Gasteiger charge is -2.16. The Balaban J connectivity index is 1.69. The number of pyridine rings is 1. The average Bonchev–Trinajstić information content (AvgIpc) is 2.89. The van der Waals surface area contributed by atoms with Gasteiger partial charge >= 0.3 is 0 Å². The summed E-state index contributed by atoms with van der Waals surface area (Å²) in [7, 11) is 0. The first-order valence-electron chi connectivity index (χ1n) is 11.6. The highest BCUT2D eigenvalue weighted by molar-refractivity contribution is 8.00. The number of benzene rings is 3. The Morgan fingerprint density at radius 1 is 0.973 bits per heavy atom. The molecule has 0 bridgehead atoms. The van der Waals surface area contributed by atoms with Gasteiger partial charge in [0.05, 0.1) is 16.5 Å². The van der Waals surface area contributed by atoms with Crippen LogP contribution < -0.4 is 5.32 Å². The van der Waals surface area contributed by atoms with Crippen molar-refractivity contribution < 1.29 is 9.59 Å². The molecular weight excluding hydrogens is 502 g/mol. The zero-order valence-electron chi connectivity index (χ0n) is 20.6. The predicted octanol–water partition coefficient (Wildman–Crippen LogP) is 7.57. The number of nitrogens with zero attached hydrogens (tertiary/aromatic N) is 2. The Morgan fingerprint density at radius 2 is 1.59 bits per heavy atom. The van der Waals surface area contributed by atoms with Crippen LogP contribution >= 0.6 is 23.4 Å². The highest BCUT2D eigenvalue weighted by Gasteiger charge is 2.21. The smallest absolute Gasteiger partial charge is 0.237 e. The van der Waals surface area contributed by atoms with Crippen LogP contribution in [0.1, 0.15) is 35.3 Å². The Morgan fingerprint density at radius 3 is 2.19 bits per heavy atom. The van der Waals surface area contributed by atoms with Gasteiger partial charge in [0.1, 0.15) is 11.1 Å². The van der Waals surface area contributed by atoms with Gasteiger partial charge in [0.15, 0.2) is 5.78 Å². The zero-order valence-corrected chi connectivity index (χ0v) is 22.2. The van der Waals surface area contributed by atoms with Crippen molar-refractivity contribution >= 4 is 40.7 Å². The van der Waals surface area contributed by atoms with E-state index in [2.05, 4.69) is 11.4 Å². The maximum Gasteiger partial charge on any atom is 0.237 e. The molecule has 5 nitrogen and oxygen atoms in total. The molecule has 1 heterocycles. The second kappa shape index (κ2) is 11.4. The number of aryl methyl sites for hydroxylation is 1.